The van der Waals surface area contributed by atoms with E-state index in [2.05, 4.69) is 12.2 Å². The van der Waals surface area contributed by atoms with Crippen LogP contribution in [-0.2, 0) is 4.79 Å². The predicted octanol–water partition coefficient (Wildman–Crippen LogP) is 4.42. The van der Waals surface area contributed by atoms with Crippen LogP contribution < -0.4 is 5.32 Å². The molecule has 0 aliphatic heterocycles. The zero-order valence-electron chi connectivity index (χ0n) is 13.0. The van der Waals surface area contributed by atoms with Crippen molar-refractivity contribution in [1.82, 2.24) is 0 Å². The number of unbranched alkanes of at least 4 members (excludes halogenated alkanes) is 2. The third kappa shape index (κ3) is 4.45. The van der Waals surface area contributed by atoms with E-state index in [9.17, 15) is 19.4 Å². The third-order valence-electron chi connectivity index (χ3n) is 3.56. The highest BCUT2D eigenvalue weighted by Gasteiger charge is 2.10. The Balaban J connectivity index is 2.18. The summed E-state index contributed by atoms with van der Waals surface area (Å²) >= 11 is 0. The lowest BCUT2D eigenvalue weighted by molar-refractivity contribution is -0.116. The van der Waals surface area contributed by atoms with Gasteiger partial charge in [-0.3, -0.25) is 4.79 Å². The van der Waals surface area contributed by atoms with Crippen LogP contribution in [0.4, 0.5) is 10.1 Å². The van der Waals surface area contributed by atoms with E-state index in [4.69, 9.17) is 0 Å². The maximum absolute atomic E-state index is 13.5. The van der Waals surface area contributed by atoms with Gasteiger partial charge in [0.25, 0.3) is 0 Å². The highest BCUT2D eigenvalue weighted by Crippen LogP contribution is 2.31. The molecule has 2 rings (SSSR count). The van der Waals surface area contributed by atoms with Crippen molar-refractivity contribution < 1.29 is 19.4 Å². The molecule has 0 aliphatic rings. The van der Waals surface area contributed by atoms with Crippen LogP contribution >= 0.6 is 0 Å². The number of benzene rings is 2. The fourth-order valence-electron chi connectivity index (χ4n) is 2.25. The molecule has 0 aliphatic carbocycles. The molecule has 3 N–H and O–H groups in total. The molecule has 2 aromatic rings. The van der Waals surface area contributed by atoms with Crippen molar-refractivity contribution in [2.45, 2.75) is 32.6 Å². The molecule has 0 aromatic heterocycles. The lowest BCUT2D eigenvalue weighted by Crippen LogP contribution is -2.11. The van der Waals surface area contributed by atoms with E-state index in [0.29, 0.717) is 17.5 Å². The largest absolute Gasteiger partial charge is 0.506 e. The molecule has 0 fully saturated rings. The van der Waals surface area contributed by atoms with Gasteiger partial charge in [0.2, 0.25) is 5.91 Å². The average molecular weight is 317 g/mol. The summed E-state index contributed by atoms with van der Waals surface area (Å²) in [6.07, 6.45) is 3.20. The van der Waals surface area contributed by atoms with Gasteiger partial charge in [-0.2, -0.15) is 0 Å². The Morgan fingerprint density at radius 1 is 1.04 bits per heavy atom. The monoisotopic (exact) mass is 317 g/mol. The van der Waals surface area contributed by atoms with E-state index in [-0.39, 0.29) is 17.3 Å². The Kier molecular flexibility index (Phi) is 5.57. The van der Waals surface area contributed by atoms with Crippen LogP contribution in [0.2, 0.25) is 0 Å². The van der Waals surface area contributed by atoms with Crippen LogP contribution in [0.25, 0.3) is 11.1 Å². The summed E-state index contributed by atoms with van der Waals surface area (Å²) in [5.74, 6) is -1.35. The van der Waals surface area contributed by atoms with Gasteiger partial charge in [-0.1, -0.05) is 31.9 Å². The first-order valence-electron chi connectivity index (χ1n) is 7.63. The Bertz CT molecular complexity index is 701. The predicted molar refractivity (Wildman–Crippen MR) is 87.9 cm³/mol. The Morgan fingerprint density at radius 2 is 1.70 bits per heavy atom. The lowest BCUT2D eigenvalue weighted by atomic mass is 10.0. The number of hydrogen-bond acceptors (Lipinski definition) is 3. The quantitative estimate of drug-likeness (QED) is 0.545. The number of nitrogens with one attached hydrogen (secondary N) is 1. The molecule has 0 heterocycles. The highest BCUT2D eigenvalue weighted by molar-refractivity contribution is 5.93. The minimum absolute atomic E-state index is 0.0446. The van der Waals surface area contributed by atoms with Crippen LogP contribution in [0, 0.1) is 5.82 Å². The molecule has 0 spiro atoms. The minimum Gasteiger partial charge on any atom is -0.506 e. The maximum atomic E-state index is 13.5. The second-order valence-electron chi connectivity index (χ2n) is 5.40. The highest BCUT2D eigenvalue weighted by atomic mass is 19.1. The SMILES string of the molecule is CCCCCC(=O)Nc1cc(-c2ccc(O)c(F)c2)ccc1O. The lowest BCUT2D eigenvalue weighted by Gasteiger charge is -2.10. The van der Waals surface area contributed by atoms with Crippen LogP contribution in [0.1, 0.15) is 32.6 Å². The van der Waals surface area contributed by atoms with Gasteiger partial charge in [0.1, 0.15) is 5.75 Å². The first-order chi connectivity index (χ1) is 11.0. The minimum atomic E-state index is -0.722. The summed E-state index contributed by atoms with van der Waals surface area (Å²) in [7, 11) is 0. The molecule has 0 saturated carbocycles. The van der Waals surface area contributed by atoms with Crippen molar-refractivity contribution in [2.24, 2.45) is 0 Å². The van der Waals surface area contributed by atoms with Crippen LogP contribution in [0.3, 0.4) is 0 Å². The number of amides is 1. The Hall–Kier alpha value is -2.56. The molecule has 23 heavy (non-hydrogen) atoms. The van der Waals surface area contributed by atoms with Crippen LogP contribution in [0.15, 0.2) is 36.4 Å². The second kappa shape index (κ2) is 7.63. The zero-order chi connectivity index (χ0) is 16.8. The molecular formula is C18H20FNO3. The van der Waals surface area contributed by atoms with Crippen molar-refractivity contribution in [2.75, 3.05) is 5.32 Å². The van der Waals surface area contributed by atoms with E-state index >= 15 is 0 Å². The van der Waals surface area contributed by atoms with Gasteiger partial charge in [0.15, 0.2) is 11.6 Å². The summed E-state index contributed by atoms with van der Waals surface area (Å²) in [5.41, 5.74) is 1.46. The van der Waals surface area contributed by atoms with Gasteiger partial charge in [0.05, 0.1) is 5.69 Å². The summed E-state index contributed by atoms with van der Waals surface area (Å²) in [5, 5.41) is 21.8. The fourth-order valence-corrected chi connectivity index (χ4v) is 2.25. The van der Waals surface area contributed by atoms with E-state index in [1.807, 2.05) is 0 Å². The number of phenolic OH excluding ortho intramolecular Hbond substituents is 2. The van der Waals surface area contributed by atoms with E-state index in [1.54, 1.807) is 18.2 Å². The van der Waals surface area contributed by atoms with Gasteiger partial charge < -0.3 is 15.5 Å². The standard InChI is InChI=1S/C18H20FNO3/c1-2-3-4-5-18(23)20-15-11-13(7-9-17(15)22)12-6-8-16(21)14(19)10-12/h6-11,21-22H,2-5H2,1H3,(H,20,23). The maximum Gasteiger partial charge on any atom is 0.224 e. The number of carbonyl (C=O) groups excluding carboxylic acids is 1. The van der Waals surface area contributed by atoms with Crippen molar-refractivity contribution >= 4 is 11.6 Å². The molecule has 122 valence electrons. The van der Waals surface area contributed by atoms with Crippen molar-refractivity contribution in [3.8, 4) is 22.6 Å². The number of carbonyl (C=O) groups is 1. The molecule has 2 aromatic carbocycles. The average Bonchev–Trinajstić information content (AvgIpc) is 2.52. The van der Waals surface area contributed by atoms with Crippen LogP contribution in [-0.4, -0.2) is 16.1 Å². The van der Waals surface area contributed by atoms with Gasteiger partial charge >= 0.3 is 0 Å². The smallest absolute Gasteiger partial charge is 0.224 e. The van der Waals surface area contributed by atoms with Gasteiger partial charge in [-0.15, -0.1) is 0 Å². The fraction of sp³-hybridized carbons (Fsp3) is 0.278. The first kappa shape index (κ1) is 16.8. The normalized spacial score (nSPS) is 10.5. The molecular weight excluding hydrogens is 297 g/mol. The zero-order valence-corrected chi connectivity index (χ0v) is 13.0. The molecule has 0 bridgehead atoms. The summed E-state index contributed by atoms with van der Waals surface area (Å²) in [6, 6.07) is 8.68. The Morgan fingerprint density at radius 3 is 2.35 bits per heavy atom. The van der Waals surface area contributed by atoms with Crippen molar-refractivity contribution in [3.63, 3.8) is 0 Å². The van der Waals surface area contributed by atoms with Crippen molar-refractivity contribution in [1.29, 1.82) is 0 Å². The van der Waals surface area contributed by atoms with Crippen molar-refractivity contribution in [3.05, 3.63) is 42.2 Å². The third-order valence-corrected chi connectivity index (χ3v) is 3.56. The van der Waals surface area contributed by atoms with Gasteiger partial charge in [-0.25, -0.2) is 4.39 Å². The number of hydrogen-bond donors (Lipinski definition) is 3. The summed E-state index contributed by atoms with van der Waals surface area (Å²) < 4.78 is 13.5. The number of phenols is 2. The molecule has 1 amide bonds. The van der Waals surface area contributed by atoms with Gasteiger partial charge in [-0.05, 0) is 41.8 Å². The molecule has 0 radical (unpaired) electrons. The number of aromatic hydroxyl groups is 2. The van der Waals surface area contributed by atoms with Gasteiger partial charge in [0, 0.05) is 6.42 Å². The molecule has 4 nitrogen and oxygen atoms in total. The number of rotatable bonds is 6. The van der Waals surface area contributed by atoms with E-state index in [1.165, 1.54) is 18.2 Å². The molecule has 5 heteroatoms. The molecule has 0 saturated heterocycles. The second-order valence-corrected chi connectivity index (χ2v) is 5.40. The van der Waals surface area contributed by atoms with Crippen LogP contribution in [0.5, 0.6) is 11.5 Å². The summed E-state index contributed by atoms with van der Waals surface area (Å²) in [4.78, 5) is 11.9. The number of halogens is 1. The number of anilines is 1. The Labute approximate surface area is 134 Å². The molecule has 0 unspecified atom stereocenters. The topological polar surface area (TPSA) is 69.6 Å². The molecule has 0 atom stereocenters. The summed E-state index contributed by atoms with van der Waals surface area (Å²) in [6.45, 7) is 2.06. The van der Waals surface area contributed by atoms with E-state index in [0.717, 1.165) is 19.3 Å². The first-order valence-corrected chi connectivity index (χ1v) is 7.63. The van der Waals surface area contributed by atoms with E-state index < -0.39 is 11.6 Å².